The summed E-state index contributed by atoms with van der Waals surface area (Å²) in [5.74, 6) is -4.08. The predicted molar refractivity (Wildman–Crippen MR) is 183 cm³/mol. The van der Waals surface area contributed by atoms with Crippen molar-refractivity contribution in [1.29, 1.82) is 0 Å². The molecule has 0 unspecified atom stereocenters. The monoisotopic (exact) mass is 730 g/mol. The highest BCUT2D eigenvalue weighted by atomic mass is 19.1. The maximum absolute atomic E-state index is 14.7. The van der Waals surface area contributed by atoms with E-state index in [-0.39, 0.29) is 45.9 Å². The molecule has 0 saturated carbocycles. The Balaban J connectivity index is 0.000000281. The van der Waals surface area contributed by atoms with Gasteiger partial charge in [0.15, 0.2) is 24.8 Å². The summed E-state index contributed by atoms with van der Waals surface area (Å²) in [7, 11) is 2.50. The third-order valence-corrected chi connectivity index (χ3v) is 7.19. The maximum Gasteiger partial charge on any atom is 0.343 e. The Kier molecular flexibility index (Phi) is 13.1. The standard InChI is InChI=1S/C18H22FN3O5.C16H18FN3O5/c1-6-13-20-15-11(16(21-13)27-9-14(23)25-4)7-10(8-12(15)19)22-18(2,3)17(24)26-5;1-4-11-18-13-9(14(19-11)25-7-12(21)22)5-8(6-10(13)17)20-16(2,3)15(23)24/h7-8,22H,6,9H2,1-5H3;5-6,20H,4,7H2,1-3H3,(H,21,22)(H,23,24). The van der Waals surface area contributed by atoms with Crippen molar-refractivity contribution in [2.45, 2.75) is 65.5 Å². The molecular formula is C34H40F2N6O10. The number of halogens is 2. The number of nitrogens with zero attached hydrogens (tertiary/aromatic N) is 4. The zero-order valence-corrected chi connectivity index (χ0v) is 29.8. The van der Waals surface area contributed by atoms with Gasteiger partial charge in [-0.15, -0.1) is 0 Å². The fourth-order valence-electron chi connectivity index (χ4n) is 4.49. The topological polar surface area (TPSA) is 221 Å². The van der Waals surface area contributed by atoms with Crippen LogP contribution in [0.15, 0.2) is 24.3 Å². The van der Waals surface area contributed by atoms with E-state index in [1.807, 2.05) is 6.92 Å². The van der Waals surface area contributed by atoms with Crippen LogP contribution in [0.25, 0.3) is 21.8 Å². The number of carbonyl (C=O) groups excluding carboxylic acids is 2. The Labute approximate surface area is 296 Å². The number of anilines is 2. The number of carboxylic acids is 2. The van der Waals surface area contributed by atoms with E-state index in [1.54, 1.807) is 26.8 Å². The molecule has 0 bridgehead atoms. The first-order chi connectivity index (χ1) is 24.3. The van der Waals surface area contributed by atoms with Crippen molar-refractivity contribution in [2.75, 3.05) is 38.1 Å². The number of rotatable bonds is 14. The second-order valence-electron chi connectivity index (χ2n) is 12.1. The molecule has 4 aromatic rings. The average molecular weight is 731 g/mol. The summed E-state index contributed by atoms with van der Waals surface area (Å²) in [5, 5.41) is 24.0. The largest absolute Gasteiger partial charge is 0.480 e. The number of aliphatic carboxylic acids is 2. The Morgan fingerprint density at radius 2 is 1.13 bits per heavy atom. The molecule has 2 aromatic carbocycles. The van der Waals surface area contributed by atoms with Crippen LogP contribution in [0.1, 0.15) is 53.2 Å². The average Bonchev–Trinajstić information content (AvgIpc) is 3.08. The third kappa shape index (κ3) is 10.1. The smallest absolute Gasteiger partial charge is 0.343 e. The number of hydrogen-bond donors (Lipinski definition) is 4. The zero-order valence-electron chi connectivity index (χ0n) is 29.8. The zero-order chi connectivity index (χ0) is 39.0. The number of esters is 2. The van der Waals surface area contributed by atoms with Crippen molar-refractivity contribution in [2.24, 2.45) is 0 Å². The minimum Gasteiger partial charge on any atom is -0.480 e. The number of methoxy groups -OCH3 is 2. The van der Waals surface area contributed by atoms with Crippen LogP contribution in [0.5, 0.6) is 11.8 Å². The van der Waals surface area contributed by atoms with E-state index < -0.39 is 53.2 Å². The molecule has 16 nitrogen and oxygen atoms in total. The minimum atomic E-state index is -1.34. The SMILES string of the molecule is CCc1nc(OCC(=O)O)c2cc(NC(C)(C)C(=O)O)cc(F)c2n1.CCc1nc(OCC(=O)OC)c2cc(NC(C)(C)C(=O)OC)cc(F)c2n1. The molecule has 0 aliphatic rings. The first kappa shape index (κ1) is 40.5. The number of ether oxygens (including phenoxy) is 4. The Morgan fingerprint density at radius 1 is 0.692 bits per heavy atom. The lowest BCUT2D eigenvalue weighted by atomic mass is 10.0. The Bertz CT molecular complexity index is 1990. The lowest BCUT2D eigenvalue weighted by Gasteiger charge is -2.24. The summed E-state index contributed by atoms with van der Waals surface area (Å²) in [6, 6.07) is 5.33. The molecule has 2 aromatic heterocycles. The molecular weight excluding hydrogens is 690 g/mol. The molecule has 0 amide bonds. The number of carbonyl (C=O) groups is 4. The number of carboxylic acid groups (broad SMARTS) is 2. The highest BCUT2D eigenvalue weighted by Crippen LogP contribution is 2.31. The molecule has 0 spiro atoms. The molecule has 0 aliphatic heterocycles. The molecule has 0 atom stereocenters. The summed E-state index contributed by atoms with van der Waals surface area (Å²) in [5.41, 5.74) is -1.90. The number of nitrogens with one attached hydrogen (secondary N) is 2. The van der Waals surface area contributed by atoms with Gasteiger partial charge in [-0.1, -0.05) is 13.8 Å². The van der Waals surface area contributed by atoms with Gasteiger partial charge in [0.05, 0.1) is 25.0 Å². The van der Waals surface area contributed by atoms with Gasteiger partial charge in [0.25, 0.3) is 0 Å². The summed E-state index contributed by atoms with van der Waals surface area (Å²) >= 11 is 0. The van der Waals surface area contributed by atoms with E-state index >= 15 is 0 Å². The normalized spacial score (nSPS) is 11.3. The van der Waals surface area contributed by atoms with Crippen molar-refractivity contribution in [1.82, 2.24) is 19.9 Å². The first-order valence-corrected chi connectivity index (χ1v) is 15.8. The van der Waals surface area contributed by atoms with Crippen molar-refractivity contribution in [3.63, 3.8) is 0 Å². The number of benzene rings is 2. The van der Waals surface area contributed by atoms with Gasteiger partial charge >= 0.3 is 23.9 Å². The molecule has 4 rings (SSSR count). The summed E-state index contributed by atoms with van der Waals surface area (Å²) < 4.78 is 49.0. The predicted octanol–water partition coefficient (Wildman–Crippen LogP) is 4.32. The fraction of sp³-hybridized carbons (Fsp3) is 0.412. The Hall–Kier alpha value is -5.94. The molecule has 52 heavy (non-hydrogen) atoms. The number of aromatic nitrogens is 4. The van der Waals surface area contributed by atoms with Gasteiger partial charge in [0.2, 0.25) is 11.8 Å². The van der Waals surface area contributed by atoms with Crippen LogP contribution in [-0.2, 0) is 41.5 Å². The van der Waals surface area contributed by atoms with E-state index in [9.17, 15) is 33.1 Å². The van der Waals surface area contributed by atoms with Gasteiger partial charge in [-0.2, -0.15) is 9.97 Å². The van der Waals surface area contributed by atoms with E-state index in [0.29, 0.717) is 30.2 Å². The van der Waals surface area contributed by atoms with Crippen molar-refractivity contribution >= 4 is 57.1 Å². The number of fused-ring (bicyclic) bond motifs is 2. The highest BCUT2D eigenvalue weighted by molar-refractivity contribution is 5.91. The molecule has 0 saturated heterocycles. The van der Waals surface area contributed by atoms with Crippen molar-refractivity contribution in [3.8, 4) is 11.8 Å². The second-order valence-corrected chi connectivity index (χ2v) is 12.1. The molecule has 0 radical (unpaired) electrons. The molecule has 0 aliphatic carbocycles. The third-order valence-electron chi connectivity index (χ3n) is 7.19. The number of hydrogen-bond acceptors (Lipinski definition) is 14. The van der Waals surface area contributed by atoms with E-state index in [4.69, 9.17) is 19.3 Å². The van der Waals surface area contributed by atoms with Gasteiger partial charge < -0.3 is 39.8 Å². The minimum absolute atomic E-state index is 0.0223. The number of aryl methyl sites for hydroxylation is 2. The van der Waals surface area contributed by atoms with Crippen LogP contribution >= 0.6 is 0 Å². The van der Waals surface area contributed by atoms with Gasteiger partial charge in [0.1, 0.15) is 33.8 Å². The van der Waals surface area contributed by atoms with Crippen molar-refractivity contribution in [3.05, 3.63) is 47.5 Å². The van der Waals surface area contributed by atoms with Crippen LogP contribution in [-0.4, -0.2) is 92.5 Å². The van der Waals surface area contributed by atoms with E-state index in [1.165, 1.54) is 40.2 Å². The lowest BCUT2D eigenvalue weighted by Crippen LogP contribution is -2.41. The maximum atomic E-state index is 14.7. The summed E-state index contributed by atoms with van der Waals surface area (Å²) in [6.45, 7) is 8.63. The Morgan fingerprint density at radius 3 is 1.52 bits per heavy atom. The highest BCUT2D eigenvalue weighted by Gasteiger charge is 2.30. The van der Waals surface area contributed by atoms with Gasteiger partial charge in [-0.25, -0.2) is 37.9 Å². The van der Waals surface area contributed by atoms with E-state index in [0.717, 1.165) is 6.07 Å². The van der Waals surface area contributed by atoms with Crippen LogP contribution in [0.2, 0.25) is 0 Å². The molecule has 0 fully saturated rings. The molecule has 18 heteroatoms. The first-order valence-electron chi connectivity index (χ1n) is 15.8. The summed E-state index contributed by atoms with van der Waals surface area (Å²) in [6.07, 6.45) is 0.865. The van der Waals surface area contributed by atoms with Gasteiger partial charge in [-0.3, -0.25) is 0 Å². The van der Waals surface area contributed by atoms with Crippen LogP contribution < -0.4 is 20.1 Å². The quantitative estimate of drug-likeness (QED) is 0.133. The van der Waals surface area contributed by atoms with Crippen LogP contribution in [0.3, 0.4) is 0 Å². The van der Waals surface area contributed by atoms with Gasteiger partial charge in [-0.05, 0) is 52.0 Å². The molecule has 2 heterocycles. The molecule has 280 valence electrons. The lowest BCUT2D eigenvalue weighted by molar-refractivity contribution is -0.145. The molecule has 4 N–H and O–H groups in total. The van der Waals surface area contributed by atoms with Crippen molar-refractivity contribution < 1.29 is 57.1 Å². The fourth-order valence-corrected chi connectivity index (χ4v) is 4.49. The van der Waals surface area contributed by atoms with Crippen LogP contribution in [0, 0.1) is 11.6 Å². The summed E-state index contributed by atoms with van der Waals surface area (Å²) in [4.78, 5) is 61.8. The van der Waals surface area contributed by atoms with Gasteiger partial charge in [0, 0.05) is 24.2 Å². The second kappa shape index (κ2) is 16.8. The van der Waals surface area contributed by atoms with Crippen LogP contribution in [0.4, 0.5) is 20.2 Å². The van der Waals surface area contributed by atoms with E-state index in [2.05, 4.69) is 35.3 Å².